The van der Waals surface area contributed by atoms with Crippen LogP contribution < -0.4 is 0 Å². The molecule has 0 spiro atoms. The highest BCUT2D eigenvalue weighted by Gasteiger charge is 2.18. The Kier molecular flexibility index (Phi) is 2.80. The molecule has 0 bridgehead atoms. The van der Waals surface area contributed by atoms with E-state index in [1.54, 1.807) is 0 Å². The molecule has 0 unspecified atom stereocenters. The lowest BCUT2D eigenvalue weighted by molar-refractivity contribution is 0.454. The SMILES string of the molecule is c1ccc2c(c1)ccn2Cc1cn(C2CCCC2)nn1. The van der Waals surface area contributed by atoms with E-state index >= 15 is 0 Å². The third-order valence-corrected chi connectivity index (χ3v) is 4.27. The first-order valence-electron chi connectivity index (χ1n) is 7.35. The van der Waals surface area contributed by atoms with E-state index in [0.717, 1.165) is 12.2 Å². The van der Waals surface area contributed by atoms with Gasteiger partial charge in [-0.2, -0.15) is 0 Å². The second-order valence-electron chi connectivity index (χ2n) is 5.63. The molecule has 0 amide bonds. The summed E-state index contributed by atoms with van der Waals surface area (Å²) in [4.78, 5) is 0. The van der Waals surface area contributed by atoms with Crippen LogP contribution in [0.15, 0.2) is 42.7 Å². The maximum Gasteiger partial charge on any atom is 0.102 e. The predicted octanol–water partition coefficient (Wildman–Crippen LogP) is 3.40. The fourth-order valence-corrected chi connectivity index (χ4v) is 3.19. The van der Waals surface area contributed by atoms with Gasteiger partial charge in [0.15, 0.2) is 0 Å². The van der Waals surface area contributed by atoms with Gasteiger partial charge in [0.05, 0.1) is 18.8 Å². The van der Waals surface area contributed by atoms with Crippen LogP contribution in [0, 0.1) is 0 Å². The third-order valence-electron chi connectivity index (χ3n) is 4.27. The largest absolute Gasteiger partial charge is 0.341 e. The zero-order valence-corrected chi connectivity index (χ0v) is 11.4. The summed E-state index contributed by atoms with van der Waals surface area (Å²) in [7, 11) is 0. The minimum atomic E-state index is 0.567. The molecule has 4 nitrogen and oxygen atoms in total. The summed E-state index contributed by atoms with van der Waals surface area (Å²) in [5.74, 6) is 0. The lowest BCUT2D eigenvalue weighted by atomic mass is 10.2. The molecule has 1 aliphatic carbocycles. The first kappa shape index (κ1) is 11.7. The molecular weight excluding hydrogens is 248 g/mol. The predicted molar refractivity (Wildman–Crippen MR) is 78.6 cm³/mol. The molecular formula is C16H18N4. The number of fused-ring (bicyclic) bond motifs is 1. The van der Waals surface area contributed by atoms with Crippen LogP contribution in [0.1, 0.15) is 37.4 Å². The summed E-state index contributed by atoms with van der Waals surface area (Å²) in [6.07, 6.45) is 9.37. The molecule has 20 heavy (non-hydrogen) atoms. The molecule has 1 aromatic carbocycles. The van der Waals surface area contributed by atoms with Crippen molar-refractivity contribution in [2.45, 2.75) is 38.3 Å². The summed E-state index contributed by atoms with van der Waals surface area (Å²) in [6.45, 7) is 0.792. The summed E-state index contributed by atoms with van der Waals surface area (Å²) < 4.78 is 4.30. The van der Waals surface area contributed by atoms with Gasteiger partial charge in [-0.05, 0) is 30.4 Å². The fourth-order valence-electron chi connectivity index (χ4n) is 3.19. The van der Waals surface area contributed by atoms with E-state index < -0.39 is 0 Å². The monoisotopic (exact) mass is 266 g/mol. The molecule has 1 saturated carbocycles. The molecule has 4 heteroatoms. The lowest BCUT2D eigenvalue weighted by Gasteiger charge is -2.07. The Balaban J connectivity index is 1.59. The second kappa shape index (κ2) is 4.78. The number of benzene rings is 1. The van der Waals surface area contributed by atoms with Crippen molar-refractivity contribution in [1.29, 1.82) is 0 Å². The summed E-state index contributed by atoms with van der Waals surface area (Å²) >= 11 is 0. The zero-order chi connectivity index (χ0) is 13.4. The van der Waals surface area contributed by atoms with E-state index in [1.165, 1.54) is 36.6 Å². The Morgan fingerprint density at radius 1 is 1.10 bits per heavy atom. The van der Waals surface area contributed by atoms with E-state index in [2.05, 4.69) is 62.3 Å². The summed E-state index contributed by atoms with van der Waals surface area (Å²) in [5, 5.41) is 9.92. The number of hydrogen-bond donors (Lipinski definition) is 0. The normalized spacial score (nSPS) is 16.2. The standard InChI is InChI=1S/C16H18N4/c1-4-8-16-13(5-1)9-10-19(16)11-14-12-20(18-17-14)15-6-2-3-7-15/h1,4-5,8-10,12,15H,2-3,6-7,11H2. The molecule has 0 atom stereocenters. The van der Waals surface area contributed by atoms with Gasteiger partial charge in [0.1, 0.15) is 5.69 Å². The minimum Gasteiger partial charge on any atom is -0.341 e. The highest BCUT2D eigenvalue weighted by Crippen LogP contribution is 2.28. The molecule has 1 fully saturated rings. The average molecular weight is 266 g/mol. The van der Waals surface area contributed by atoms with E-state index in [-0.39, 0.29) is 0 Å². The Morgan fingerprint density at radius 3 is 2.85 bits per heavy atom. The first-order chi connectivity index (χ1) is 9.90. The fraction of sp³-hybridized carbons (Fsp3) is 0.375. The Labute approximate surface area is 118 Å². The maximum absolute atomic E-state index is 4.33. The number of rotatable bonds is 3. The van der Waals surface area contributed by atoms with Crippen molar-refractivity contribution in [3.63, 3.8) is 0 Å². The van der Waals surface area contributed by atoms with Crippen molar-refractivity contribution >= 4 is 10.9 Å². The topological polar surface area (TPSA) is 35.6 Å². The minimum absolute atomic E-state index is 0.567. The van der Waals surface area contributed by atoms with Crippen molar-refractivity contribution in [3.8, 4) is 0 Å². The van der Waals surface area contributed by atoms with Crippen LogP contribution in [0.4, 0.5) is 0 Å². The van der Waals surface area contributed by atoms with Gasteiger partial charge in [-0.25, -0.2) is 4.68 Å². The maximum atomic E-state index is 4.33. The molecule has 3 aromatic rings. The molecule has 4 rings (SSSR count). The van der Waals surface area contributed by atoms with Gasteiger partial charge in [-0.3, -0.25) is 0 Å². The van der Waals surface area contributed by atoms with Gasteiger partial charge in [0.25, 0.3) is 0 Å². The highest BCUT2D eigenvalue weighted by atomic mass is 15.4. The van der Waals surface area contributed by atoms with Gasteiger partial charge >= 0.3 is 0 Å². The van der Waals surface area contributed by atoms with Gasteiger partial charge in [-0.15, -0.1) is 5.10 Å². The zero-order valence-electron chi connectivity index (χ0n) is 11.4. The van der Waals surface area contributed by atoms with Crippen molar-refractivity contribution in [2.75, 3.05) is 0 Å². The van der Waals surface area contributed by atoms with Crippen LogP contribution in [-0.4, -0.2) is 19.6 Å². The van der Waals surface area contributed by atoms with Crippen LogP contribution in [0.3, 0.4) is 0 Å². The highest BCUT2D eigenvalue weighted by molar-refractivity contribution is 5.79. The van der Waals surface area contributed by atoms with Crippen molar-refractivity contribution in [1.82, 2.24) is 19.6 Å². The molecule has 2 heterocycles. The van der Waals surface area contributed by atoms with E-state index in [9.17, 15) is 0 Å². The van der Waals surface area contributed by atoms with Gasteiger partial charge in [-0.1, -0.05) is 36.3 Å². The number of hydrogen-bond acceptors (Lipinski definition) is 2. The van der Waals surface area contributed by atoms with Crippen molar-refractivity contribution in [3.05, 3.63) is 48.4 Å². The van der Waals surface area contributed by atoms with E-state index in [4.69, 9.17) is 0 Å². The van der Waals surface area contributed by atoms with Crippen LogP contribution in [-0.2, 0) is 6.54 Å². The van der Waals surface area contributed by atoms with Gasteiger partial charge in [0.2, 0.25) is 0 Å². The van der Waals surface area contributed by atoms with Crippen molar-refractivity contribution < 1.29 is 0 Å². The molecule has 1 aliphatic rings. The van der Waals surface area contributed by atoms with Crippen molar-refractivity contribution in [2.24, 2.45) is 0 Å². The Morgan fingerprint density at radius 2 is 1.95 bits per heavy atom. The van der Waals surface area contributed by atoms with Gasteiger partial charge < -0.3 is 4.57 Å². The average Bonchev–Trinajstić information content (AvgIpc) is 3.19. The summed E-state index contributed by atoms with van der Waals surface area (Å²) in [5.41, 5.74) is 2.29. The number of para-hydroxylation sites is 1. The molecule has 0 radical (unpaired) electrons. The van der Waals surface area contributed by atoms with Crippen LogP contribution in [0.25, 0.3) is 10.9 Å². The molecule has 0 aliphatic heterocycles. The quantitative estimate of drug-likeness (QED) is 0.728. The smallest absolute Gasteiger partial charge is 0.102 e. The molecule has 0 N–H and O–H groups in total. The molecule has 0 saturated heterocycles. The molecule has 2 aromatic heterocycles. The lowest BCUT2D eigenvalue weighted by Crippen LogP contribution is -2.05. The van der Waals surface area contributed by atoms with E-state index in [0.29, 0.717) is 6.04 Å². The van der Waals surface area contributed by atoms with Gasteiger partial charge in [0, 0.05) is 11.7 Å². The third kappa shape index (κ3) is 2.01. The molecule has 102 valence electrons. The number of aromatic nitrogens is 4. The van der Waals surface area contributed by atoms with Crippen LogP contribution >= 0.6 is 0 Å². The Bertz CT molecular complexity index is 719. The Hall–Kier alpha value is -2.10. The van der Waals surface area contributed by atoms with E-state index in [1.807, 2.05) is 0 Å². The first-order valence-corrected chi connectivity index (χ1v) is 7.35. The second-order valence-corrected chi connectivity index (χ2v) is 5.63. The van der Waals surface area contributed by atoms with Crippen LogP contribution in [0.5, 0.6) is 0 Å². The summed E-state index contributed by atoms with van der Waals surface area (Å²) in [6, 6.07) is 11.2. The number of nitrogens with zero attached hydrogens (tertiary/aromatic N) is 4. The van der Waals surface area contributed by atoms with Crippen LogP contribution in [0.2, 0.25) is 0 Å².